The van der Waals surface area contributed by atoms with Crippen LogP contribution in [-0.4, -0.2) is 57.1 Å². The molecule has 8 heteroatoms. The van der Waals surface area contributed by atoms with Gasteiger partial charge in [-0.05, 0) is 37.1 Å². The second-order valence-electron chi connectivity index (χ2n) is 8.61. The quantitative estimate of drug-likeness (QED) is 0.431. The zero-order valence-electron chi connectivity index (χ0n) is 19.1. The summed E-state index contributed by atoms with van der Waals surface area (Å²) in [4.78, 5) is 41.5. The van der Waals surface area contributed by atoms with Crippen LogP contribution in [0.15, 0.2) is 76.6 Å². The van der Waals surface area contributed by atoms with Crippen LogP contribution in [0.2, 0.25) is 0 Å². The molecule has 1 fully saturated rings. The van der Waals surface area contributed by atoms with Crippen LogP contribution in [0, 0.1) is 0 Å². The van der Waals surface area contributed by atoms with Crippen molar-refractivity contribution in [3.63, 3.8) is 0 Å². The van der Waals surface area contributed by atoms with E-state index >= 15 is 0 Å². The second-order valence-corrected chi connectivity index (χ2v) is 8.61. The highest BCUT2D eigenvalue weighted by Gasteiger charge is 2.18. The number of nitrogens with zero attached hydrogens (tertiary/aromatic N) is 5. The zero-order valence-corrected chi connectivity index (χ0v) is 19.1. The lowest BCUT2D eigenvalue weighted by molar-refractivity contribution is 0.250. The van der Waals surface area contributed by atoms with E-state index in [0.717, 1.165) is 62.6 Å². The molecule has 5 rings (SSSR count). The number of aromatic amines is 1. The molecule has 0 saturated carbocycles. The fraction of sp³-hybridized carbons (Fsp3) is 0.308. The number of rotatable bonds is 7. The van der Waals surface area contributed by atoms with Gasteiger partial charge < -0.3 is 9.88 Å². The highest BCUT2D eigenvalue weighted by atomic mass is 16.2. The Morgan fingerprint density at radius 3 is 2.21 bits per heavy atom. The second kappa shape index (κ2) is 10.0. The van der Waals surface area contributed by atoms with Gasteiger partial charge in [-0.15, -0.1) is 0 Å². The molecule has 1 aliphatic heterocycles. The van der Waals surface area contributed by atoms with Gasteiger partial charge in [0, 0.05) is 50.7 Å². The number of hydrogen-bond donors (Lipinski definition) is 1. The summed E-state index contributed by atoms with van der Waals surface area (Å²) in [6.07, 6.45) is 5.49. The van der Waals surface area contributed by atoms with Crippen molar-refractivity contribution in [2.24, 2.45) is 0 Å². The number of aromatic nitrogens is 4. The summed E-state index contributed by atoms with van der Waals surface area (Å²) in [5, 5.41) is 0.553. The maximum absolute atomic E-state index is 12.6. The van der Waals surface area contributed by atoms with Crippen molar-refractivity contribution in [3.05, 3.63) is 87.8 Å². The first-order valence-corrected chi connectivity index (χ1v) is 11.8. The fourth-order valence-electron chi connectivity index (χ4n) is 4.44. The molecule has 1 aliphatic rings. The van der Waals surface area contributed by atoms with Gasteiger partial charge in [-0.2, -0.15) is 0 Å². The summed E-state index contributed by atoms with van der Waals surface area (Å²) in [7, 11) is 0. The number of unbranched alkanes of at least 4 members (excludes halogenated alkanes) is 1. The fourth-order valence-corrected chi connectivity index (χ4v) is 4.44. The first-order valence-electron chi connectivity index (χ1n) is 11.8. The van der Waals surface area contributed by atoms with Crippen molar-refractivity contribution in [1.82, 2.24) is 24.4 Å². The Bertz CT molecular complexity index is 1360. The summed E-state index contributed by atoms with van der Waals surface area (Å²) in [6.45, 7) is 5.03. The molecule has 0 unspecified atom stereocenters. The van der Waals surface area contributed by atoms with Gasteiger partial charge in [-0.3, -0.25) is 14.3 Å². The number of H-pyrrole nitrogens is 1. The van der Waals surface area contributed by atoms with E-state index in [1.807, 2.05) is 42.7 Å². The Morgan fingerprint density at radius 2 is 1.44 bits per heavy atom. The Morgan fingerprint density at radius 1 is 0.765 bits per heavy atom. The first kappa shape index (κ1) is 22.0. The highest BCUT2D eigenvalue weighted by Crippen LogP contribution is 2.19. The highest BCUT2D eigenvalue weighted by molar-refractivity contribution is 5.76. The van der Waals surface area contributed by atoms with E-state index in [4.69, 9.17) is 0 Å². The van der Waals surface area contributed by atoms with E-state index in [1.165, 1.54) is 4.57 Å². The van der Waals surface area contributed by atoms with Crippen molar-refractivity contribution < 1.29 is 0 Å². The van der Waals surface area contributed by atoms with E-state index in [0.29, 0.717) is 17.4 Å². The molecule has 8 nitrogen and oxygen atoms in total. The molecule has 0 spiro atoms. The van der Waals surface area contributed by atoms with Crippen LogP contribution in [0.1, 0.15) is 12.8 Å². The van der Waals surface area contributed by atoms with Gasteiger partial charge in [0.2, 0.25) is 5.95 Å². The van der Waals surface area contributed by atoms with Gasteiger partial charge in [-0.25, -0.2) is 14.8 Å². The molecule has 174 valence electrons. The number of fused-ring (bicyclic) bond motifs is 1. The average molecular weight is 457 g/mol. The summed E-state index contributed by atoms with van der Waals surface area (Å²) < 4.78 is 1.32. The summed E-state index contributed by atoms with van der Waals surface area (Å²) in [5.41, 5.74) is 2.17. The monoisotopic (exact) mass is 456 g/mol. The third kappa shape index (κ3) is 4.77. The molecule has 1 saturated heterocycles. The minimum atomic E-state index is -0.337. The molecule has 2 aromatic heterocycles. The third-order valence-corrected chi connectivity index (χ3v) is 6.40. The van der Waals surface area contributed by atoms with Crippen LogP contribution in [0.5, 0.6) is 0 Å². The molecule has 34 heavy (non-hydrogen) atoms. The van der Waals surface area contributed by atoms with Gasteiger partial charge in [0.05, 0.1) is 10.9 Å². The van der Waals surface area contributed by atoms with Crippen LogP contribution in [0.4, 0.5) is 5.95 Å². The molecular weight excluding hydrogens is 428 g/mol. The molecular formula is C26H28N6O2. The predicted molar refractivity (Wildman–Crippen MR) is 134 cm³/mol. The lowest BCUT2D eigenvalue weighted by Crippen LogP contribution is -2.47. The van der Waals surface area contributed by atoms with Crippen LogP contribution >= 0.6 is 0 Å². The molecule has 0 amide bonds. The number of anilines is 1. The summed E-state index contributed by atoms with van der Waals surface area (Å²) >= 11 is 0. The average Bonchev–Trinajstić information content (AvgIpc) is 2.89. The summed E-state index contributed by atoms with van der Waals surface area (Å²) in [6, 6.07) is 17.3. The predicted octanol–water partition coefficient (Wildman–Crippen LogP) is 2.75. The van der Waals surface area contributed by atoms with Crippen molar-refractivity contribution >= 4 is 16.9 Å². The summed E-state index contributed by atoms with van der Waals surface area (Å²) in [5.74, 6) is 0.772. The van der Waals surface area contributed by atoms with Crippen LogP contribution in [0.3, 0.4) is 0 Å². The topological polar surface area (TPSA) is 87.1 Å². The first-order chi connectivity index (χ1) is 16.7. The maximum Gasteiger partial charge on any atom is 0.328 e. The van der Waals surface area contributed by atoms with E-state index in [9.17, 15) is 9.59 Å². The zero-order chi connectivity index (χ0) is 23.3. The number of piperazine rings is 1. The van der Waals surface area contributed by atoms with E-state index < -0.39 is 0 Å². The Labute approximate surface area is 197 Å². The minimum absolute atomic E-state index is 0.216. The van der Waals surface area contributed by atoms with Crippen LogP contribution in [-0.2, 0) is 6.54 Å². The van der Waals surface area contributed by atoms with E-state index in [-0.39, 0.29) is 11.2 Å². The normalized spacial score (nSPS) is 14.5. The van der Waals surface area contributed by atoms with Gasteiger partial charge in [0.15, 0.2) is 0 Å². The molecule has 2 aromatic carbocycles. The molecule has 0 aliphatic carbocycles. The van der Waals surface area contributed by atoms with Crippen molar-refractivity contribution in [1.29, 1.82) is 0 Å². The molecule has 1 N–H and O–H groups in total. The maximum atomic E-state index is 12.6. The largest absolute Gasteiger partial charge is 0.338 e. The Balaban J connectivity index is 1.10. The molecule has 3 heterocycles. The number of para-hydroxylation sites is 1. The number of benzene rings is 2. The molecule has 0 atom stereocenters. The minimum Gasteiger partial charge on any atom is -0.338 e. The molecule has 4 aromatic rings. The van der Waals surface area contributed by atoms with Crippen molar-refractivity contribution in [2.75, 3.05) is 37.6 Å². The SMILES string of the molecule is O=c1[nH]c2ccccc2c(=O)n1CCCCN1CCN(c2ncc(-c3ccccc3)cn2)CC1. The molecule has 0 bridgehead atoms. The standard InChI is InChI=1S/C26H28N6O2/c33-24-22-10-4-5-11-23(22)29-26(34)32(24)13-7-6-12-30-14-16-31(17-15-30)25-27-18-21(19-28-25)20-8-2-1-3-9-20/h1-5,8-11,18-19H,6-7,12-17H2,(H,29,34). The van der Waals surface area contributed by atoms with Crippen LogP contribution in [0.25, 0.3) is 22.0 Å². The third-order valence-electron chi connectivity index (χ3n) is 6.40. The Hall–Kier alpha value is -3.78. The van der Waals surface area contributed by atoms with Gasteiger partial charge in [0.25, 0.3) is 5.56 Å². The van der Waals surface area contributed by atoms with Crippen molar-refractivity contribution in [3.8, 4) is 11.1 Å². The number of hydrogen-bond acceptors (Lipinski definition) is 6. The number of nitrogens with one attached hydrogen (secondary N) is 1. The smallest absolute Gasteiger partial charge is 0.328 e. The lowest BCUT2D eigenvalue weighted by Gasteiger charge is -2.34. The lowest BCUT2D eigenvalue weighted by atomic mass is 10.1. The van der Waals surface area contributed by atoms with Gasteiger partial charge in [0.1, 0.15) is 0 Å². The van der Waals surface area contributed by atoms with Crippen LogP contribution < -0.4 is 16.1 Å². The van der Waals surface area contributed by atoms with E-state index in [1.54, 1.807) is 12.1 Å². The van der Waals surface area contributed by atoms with Gasteiger partial charge >= 0.3 is 5.69 Å². The molecule has 0 radical (unpaired) electrons. The van der Waals surface area contributed by atoms with Crippen molar-refractivity contribution in [2.45, 2.75) is 19.4 Å². The van der Waals surface area contributed by atoms with Gasteiger partial charge in [-0.1, -0.05) is 42.5 Å². The van der Waals surface area contributed by atoms with E-state index in [2.05, 4.69) is 36.9 Å². The Kier molecular flexibility index (Phi) is 6.49.